The first-order valence-electron chi connectivity index (χ1n) is 8.97. The van der Waals surface area contributed by atoms with Crippen LogP contribution in [0.2, 0.25) is 0 Å². The minimum absolute atomic E-state index is 0.194. The molecule has 1 amide bonds. The summed E-state index contributed by atoms with van der Waals surface area (Å²) in [5.74, 6) is 0.302. The summed E-state index contributed by atoms with van der Waals surface area (Å²) in [5, 5.41) is 0. The zero-order valence-corrected chi connectivity index (χ0v) is 13.4. The fourth-order valence-electron chi connectivity index (χ4n) is 4.43. The van der Waals surface area contributed by atoms with Crippen molar-refractivity contribution >= 4 is 5.91 Å². The summed E-state index contributed by atoms with van der Waals surface area (Å²) in [7, 11) is 0. The van der Waals surface area contributed by atoms with Gasteiger partial charge in [-0.3, -0.25) is 4.79 Å². The van der Waals surface area contributed by atoms with Gasteiger partial charge in [-0.15, -0.1) is 0 Å². The van der Waals surface area contributed by atoms with Crippen molar-refractivity contribution < 1.29 is 4.79 Å². The highest BCUT2D eigenvalue weighted by Crippen LogP contribution is 2.31. The van der Waals surface area contributed by atoms with Crippen LogP contribution in [0.4, 0.5) is 0 Å². The van der Waals surface area contributed by atoms with E-state index in [1.807, 2.05) is 0 Å². The summed E-state index contributed by atoms with van der Waals surface area (Å²) >= 11 is 0. The molecule has 0 spiro atoms. The van der Waals surface area contributed by atoms with Crippen molar-refractivity contribution in [1.29, 1.82) is 0 Å². The van der Waals surface area contributed by atoms with Gasteiger partial charge < -0.3 is 15.5 Å². The van der Waals surface area contributed by atoms with Crippen molar-refractivity contribution in [2.75, 3.05) is 26.2 Å². The molecule has 0 aromatic carbocycles. The molecular weight excluding hydrogens is 262 g/mol. The van der Waals surface area contributed by atoms with E-state index < -0.39 is 0 Å². The number of hydrogen-bond acceptors (Lipinski definition) is 3. The zero-order chi connectivity index (χ0) is 14.7. The number of nitrogens with two attached hydrogens (primary N) is 1. The van der Waals surface area contributed by atoms with E-state index in [1.54, 1.807) is 0 Å². The molecule has 0 aromatic rings. The Kier molecular flexibility index (Phi) is 4.85. The van der Waals surface area contributed by atoms with Crippen LogP contribution in [-0.4, -0.2) is 53.5 Å². The Bertz CT molecular complexity index is 351. The summed E-state index contributed by atoms with van der Waals surface area (Å²) in [6.07, 6.45) is 11.4. The van der Waals surface area contributed by atoms with Crippen molar-refractivity contribution in [2.24, 2.45) is 5.73 Å². The van der Waals surface area contributed by atoms with Gasteiger partial charge in [-0.2, -0.15) is 0 Å². The second kappa shape index (κ2) is 6.66. The second-order valence-electron chi connectivity index (χ2n) is 7.45. The number of nitrogens with zero attached hydrogens (tertiary/aromatic N) is 2. The van der Waals surface area contributed by atoms with Crippen molar-refractivity contribution in [3.05, 3.63) is 0 Å². The van der Waals surface area contributed by atoms with Crippen molar-refractivity contribution in [3.8, 4) is 0 Å². The molecule has 0 unspecified atom stereocenters. The summed E-state index contributed by atoms with van der Waals surface area (Å²) in [4.78, 5) is 17.2. The Morgan fingerprint density at radius 3 is 2.19 bits per heavy atom. The lowest BCUT2D eigenvalue weighted by Gasteiger charge is -2.40. The molecule has 1 aliphatic carbocycles. The molecule has 2 heterocycles. The highest BCUT2D eigenvalue weighted by Gasteiger charge is 2.34. The number of carbonyl (C=O) groups excluding carboxylic acids is 1. The Morgan fingerprint density at radius 2 is 1.57 bits per heavy atom. The van der Waals surface area contributed by atoms with Crippen LogP contribution in [0.5, 0.6) is 0 Å². The predicted octanol–water partition coefficient (Wildman–Crippen LogP) is 2.12. The van der Waals surface area contributed by atoms with E-state index in [0.29, 0.717) is 18.4 Å². The Hall–Kier alpha value is -0.610. The van der Waals surface area contributed by atoms with E-state index in [2.05, 4.69) is 9.80 Å². The number of hydrogen-bond donors (Lipinski definition) is 1. The smallest absolute Gasteiger partial charge is 0.224 e. The van der Waals surface area contributed by atoms with Gasteiger partial charge in [0.25, 0.3) is 0 Å². The lowest BCUT2D eigenvalue weighted by molar-refractivity contribution is -0.134. The number of amides is 1. The van der Waals surface area contributed by atoms with Gasteiger partial charge in [-0.05, 0) is 51.6 Å². The minimum atomic E-state index is -0.194. The monoisotopic (exact) mass is 293 g/mol. The molecule has 0 aromatic heterocycles. The molecule has 120 valence electrons. The summed E-state index contributed by atoms with van der Waals surface area (Å²) in [6.45, 7) is 4.42. The summed E-state index contributed by atoms with van der Waals surface area (Å²) in [5.41, 5.74) is 6.16. The van der Waals surface area contributed by atoms with Crippen LogP contribution in [0.3, 0.4) is 0 Å². The highest BCUT2D eigenvalue weighted by atomic mass is 16.2. The van der Waals surface area contributed by atoms with Gasteiger partial charge in [0.2, 0.25) is 5.91 Å². The van der Waals surface area contributed by atoms with E-state index in [4.69, 9.17) is 5.73 Å². The fraction of sp³-hybridized carbons (Fsp3) is 0.941. The standard InChI is InChI=1S/C17H31N3O/c18-17(8-2-3-9-17)14-16(21)20-12-6-15(7-13-20)19-10-4-1-5-11-19/h15H,1-14,18H2. The average molecular weight is 293 g/mol. The third kappa shape index (κ3) is 3.78. The van der Waals surface area contributed by atoms with Gasteiger partial charge >= 0.3 is 0 Å². The molecule has 2 N–H and O–H groups in total. The molecule has 1 saturated carbocycles. The topological polar surface area (TPSA) is 49.6 Å². The van der Waals surface area contributed by atoms with Crippen LogP contribution < -0.4 is 5.73 Å². The van der Waals surface area contributed by atoms with Gasteiger partial charge in [-0.25, -0.2) is 0 Å². The van der Waals surface area contributed by atoms with Crippen molar-refractivity contribution in [3.63, 3.8) is 0 Å². The molecule has 4 heteroatoms. The minimum Gasteiger partial charge on any atom is -0.343 e. The van der Waals surface area contributed by atoms with E-state index in [-0.39, 0.29) is 5.54 Å². The Balaban J connectivity index is 1.45. The molecule has 0 atom stereocenters. The van der Waals surface area contributed by atoms with Crippen LogP contribution >= 0.6 is 0 Å². The first kappa shape index (κ1) is 15.3. The van der Waals surface area contributed by atoms with Crippen molar-refractivity contribution in [2.45, 2.75) is 75.8 Å². The Labute approximate surface area is 129 Å². The van der Waals surface area contributed by atoms with Gasteiger partial charge in [0.05, 0.1) is 0 Å². The van der Waals surface area contributed by atoms with Crippen molar-refractivity contribution in [1.82, 2.24) is 9.80 Å². The van der Waals surface area contributed by atoms with Gasteiger partial charge in [0, 0.05) is 31.1 Å². The molecule has 2 saturated heterocycles. The number of piperidine rings is 2. The van der Waals surface area contributed by atoms with Crippen LogP contribution in [0.1, 0.15) is 64.2 Å². The van der Waals surface area contributed by atoms with Gasteiger partial charge in [0.15, 0.2) is 0 Å². The number of likely N-dealkylation sites (tertiary alicyclic amines) is 2. The molecule has 0 radical (unpaired) electrons. The molecule has 21 heavy (non-hydrogen) atoms. The molecule has 2 aliphatic heterocycles. The fourth-order valence-corrected chi connectivity index (χ4v) is 4.43. The quantitative estimate of drug-likeness (QED) is 0.867. The lowest BCUT2D eigenvalue weighted by Crippen LogP contribution is -2.50. The molecular formula is C17H31N3O. The first-order valence-corrected chi connectivity index (χ1v) is 8.97. The molecule has 0 bridgehead atoms. The van der Waals surface area contributed by atoms with E-state index in [9.17, 15) is 4.79 Å². The molecule has 3 rings (SSSR count). The summed E-state index contributed by atoms with van der Waals surface area (Å²) < 4.78 is 0. The van der Waals surface area contributed by atoms with E-state index in [0.717, 1.165) is 38.8 Å². The maximum atomic E-state index is 12.5. The molecule has 3 aliphatic rings. The van der Waals surface area contributed by atoms with E-state index in [1.165, 1.54) is 45.2 Å². The molecule has 4 nitrogen and oxygen atoms in total. The third-order valence-corrected chi connectivity index (χ3v) is 5.83. The van der Waals surface area contributed by atoms with E-state index >= 15 is 0 Å². The zero-order valence-electron chi connectivity index (χ0n) is 13.4. The first-order chi connectivity index (χ1) is 10.2. The molecule has 3 fully saturated rings. The van der Waals surface area contributed by atoms with Gasteiger partial charge in [-0.1, -0.05) is 19.3 Å². The maximum absolute atomic E-state index is 12.5. The lowest BCUT2D eigenvalue weighted by atomic mass is 9.93. The van der Waals surface area contributed by atoms with Crippen LogP contribution in [0.15, 0.2) is 0 Å². The second-order valence-corrected chi connectivity index (χ2v) is 7.45. The normalized spacial score (nSPS) is 28.0. The predicted molar refractivity (Wildman–Crippen MR) is 85.0 cm³/mol. The average Bonchev–Trinajstić information content (AvgIpc) is 2.94. The highest BCUT2D eigenvalue weighted by molar-refractivity contribution is 5.77. The van der Waals surface area contributed by atoms with Crippen LogP contribution in [0, 0.1) is 0 Å². The van der Waals surface area contributed by atoms with Crippen LogP contribution in [-0.2, 0) is 4.79 Å². The van der Waals surface area contributed by atoms with Gasteiger partial charge in [0.1, 0.15) is 0 Å². The SMILES string of the molecule is NC1(CC(=O)N2CCC(N3CCCCC3)CC2)CCCC1. The summed E-state index contributed by atoms with van der Waals surface area (Å²) in [6, 6.07) is 0.715. The largest absolute Gasteiger partial charge is 0.343 e. The van der Waals surface area contributed by atoms with Crippen LogP contribution in [0.25, 0.3) is 0 Å². The third-order valence-electron chi connectivity index (χ3n) is 5.83. The maximum Gasteiger partial charge on any atom is 0.224 e. The Morgan fingerprint density at radius 1 is 0.952 bits per heavy atom. The number of rotatable bonds is 3. The number of carbonyl (C=O) groups is 1.